The van der Waals surface area contributed by atoms with Crippen LogP contribution >= 0.6 is 11.6 Å². The molecule has 2 aromatic carbocycles. The number of rotatable bonds is 14. The highest BCUT2D eigenvalue weighted by Gasteiger charge is 2.36. The summed E-state index contributed by atoms with van der Waals surface area (Å²) in [7, 11) is 1.26. The van der Waals surface area contributed by atoms with Gasteiger partial charge >= 0.3 is 12.4 Å². The Kier molecular flexibility index (Phi) is 11.3. The minimum atomic E-state index is -4.79. The van der Waals surface area contributed by atoms with Gasteiger partial charge in [0.1, 0.15) is 11.5 Å². The fraction of sp³-hybridized carbons (Fsp3) is 0.444. The van der Waals surface area contributed by atoms with Crippen LogP contribution < -0.4 is 10.5 Å². The Balaban J connectivity index is 1.84. The van der Waals surface area contributed by atoms with Crippen molar-refractivity contribution < 1.29 is 45.7 Å². The molecule has 0 radical (unpaired) electrons. The summed E-state index contributed by atoms with van der Waals surface area (Å²) in [6.07, 6.45) is -7.51. The first-order chi connectivity index (χ1) is 19.3. The number of aromatic nitrogens is 2. The van der Waals surface area contributed by atoms with Crippen molar-refractivity contribution in [2.45, 2.75) is 31.6 Å². The molecule has 0 aliphatic heterocycles. The summed E-state index contributed by atoms with van der Waals surface area (Å²) in [5.74, 6) is -0.520. The van der Waals surface area contributed by atoms with Gasteiger partial charge in [-0.2, -0.15) is 31.4 Å². The summed E-state index contributed by atoms with van der Waals surface area (Å²) in [5, 5.41) is 14.1. The third-order valence-electron chi connectivity index (χ3n) is 5.97. The van der Waals surface area contributed by atoms with Crippen molar-refractivity contribution in [2.75, 3.05) is 39.6 Å². The largest absolute Gasteiger partial charge is 0.506 e. The van der Waals surface area contributed by atoms with Gasteiger partial charge in [0, 0.05) is 25.8 Å². The van der Waals surface area contributed by atoms with Crippen LogP contribution in [0.1, 0.15) is 30.5 Å². The number of alkyl halides is 6. The number of hydrogen-bond acceptors (Lipinski definition) is 6. The molecule has 0 saturated heterocycles. The molecule has 0 unspecified atom stereocenters. The maximum Gasteiger partial charge on any atom is 0.435 e. The first-order valence-electron chi connectivity index (χ1n) is 12.7. The van der Waals surface area contributed by atoms with Crippen molar-refractivity contribution >= 4 is 11.6 Å². The quantitative estimate of drug-likeness (QED) is 0.156. The average Bonchev–Trinajstić information content (AvgIpc) is 3.29. The van der Waals surface area contributed by atoms with E-state index >= 15 is 0 Å². The first kappa shape index (κ1) is 32.5. The Morgan fingerprint density at radius 2 is 1.56 bits per heavy atom. The fourth-order valence-electron chi connectivity index (χ4n) is 4.00. The number of aromatic hydroxyl groups is 1. The molecule has 0 bridgehead atoms. The van der Waals surface area contributed by atoms with Gasteiger partial charge < -0.3 is 25.1 Å². The lowest BCUT2D eigenvalue weighted by molar-refractivity contribution is -0.141. The van der Waals surface area contributed by atoms with Crippen molar-refractivity contribution in [3.8, 4) is 33.9 Å². The summed E-state index contributed by atoms with van der Waals surface area (Å²) in [4.78, 5) is 0. The van der Waals surface area contributed by atoms with E-state index in [1.165, 1.54) is 25.2 Å². The predicted octanol–water partition coefficient (Wildman–Crippen LogP) is 6.69. The number of nitrogens with two attached hydrogens (primary N) is 1. The summed E-state index contributed by atoms with van der Waals surface area (Å²) in [5.41, 5.74) is 2.63. The van der Waals surface area contributed by atoms with Gasteiger partial charge in [-0.05, 0) is 55.2 Å². The molecule has 3 N–H and O–H groups in total. The molecule has 3 rings (SSSR count). The monoisotopic (exact) mass is 609 g/mol. The second kappa shape index (κ2) is 14.3. The molecule has 1 heterocycles. The third-order valence-corrected chi connectivity index (χ3v) is 6.30. The molecule has 0 aliphatic rings. The number of phenols is 1. The number of aryl methyl sites for hydroxylation is 1. The summed E-state index contributed by atoms with van der Waals surface area (Å²) in [6, 6.07) is 6.51. The predicted molar refractivity (Wildman–Crippen MR) is 141 cm³/mol. The Morgan fingerprint density at radius 3 is 2.20 bits per heavy atom. The highest BCUT2D eigenvalue weighted by molar-refractivity contribution is 6.31. The third kappa shape index (κ3) is 8.74. The van der Waals surface area contributed by atoms with E-state index in [9.17, 15) is 31.4 Å². The minimum absolute atomic E-state index is 0.0493. The molecule has 14 heteroatoms. The standard InChI is InChI=1S/C27H30ClF6N3O4/c1-37-21(16-23(36-37)27(32,33)34)18-6-8-22(41-11-4-2-3-10-39-13-14-40-12-9-35)24(25(18)38)17-5-7-20(28)19(15-17)26(29,30)31/h5-8,15-16,38H,2-4,9-14,35H2,1H3. The van der Waals surface area contributed by atoms with E-state index in [4.69, 9.17) is 31.5 Å². The molecule has 0 atom stereocenters. The van der Waals surface area contributed by atoms with Crippen LogP contribution in [-0.4, -0.2) is 54.5 Å². The van der Waals surface area contributed by atoms with Gasteiger partial charge in [0.25, 0.3) is 0 Å². The number of halogens is 7. The molecule has 0 fully saturated rings. The Labute approximate surface area is 237 Å². The summed E-state index contributed by atoms with van der Waals surface area (Å²) >= 11 is 5.77. The van der Waals surface area contributed by atoms with Gasteiger partial charge in [-0.25, -0.2) is 0 Å². The number of hydrogen-bond donors (Lipinski definition) is 2. The van der Waals surface area contributed by atoms with Crippen LogP contribution in [0.2, 0.25) is 5.02 Å². The normalized spacial score (nSPS) is 12.2. The smallest absolute Gasteiger partial charge is 0.435 e. The van der Waals surface area contributed by atoms with Crippen LogP contribution in [-0.2, 0) is 28.9 Å². The zero-order valence-electron chi connectivity index (χ0n) is 22.1. The molecule has 0 spiro atoms. The molecule has 0 amide bonds. The SMILES string of the molecule is Cn1nc(C(F)(F)F)cc1-c1ccc(OCCCCCOCCOCCN)c(-c2ccc(Cl)c(C(F)(F)F)c2)c1O. The Hall–Kier alpha value is -3.00. The topological polar surface area (TPSA) is 91.8 Å². The maximum absolute atomic E-state index is 13.6. The summed E-state index contributed by atoms with van der Waals surface area (Å²) in [6.45, 7) is 2.44. The van der Waals surface area contributed by atoms with Gasteiger partial charge in [-0.1, -0.05) is 17.7 Å². The van der Waals surface area contributed by atoms with E-state index < -0.39 is 34.4 Å². The van der Waals surface area contributed by atoms with Crippen molar-refractivity contribution in [3.63, 3.8) is 0 Å². The van der Waals surface area contributed by atoms with Crippen LogP contribution in [0.4, 0.5) is 26.3 Å². The van der Waals surface area contributed by atoms with Crippen molar-refractivity contribution in [1.82, 2.24) is 9.78 Å². The van der Waals surface area contributed by atoms with Crippen LogP contribution in [0.5, 0.6) is 11.5 Å². The number of benzene rings is 2. The van der Waals surface area contributed by atoms with Gasteiger partial charge in [0.15, 0.2) is 5.69 Å². The molecule has 0 aliphatic carbocycles. The van der Waals surface area contributed by atoms with Crippen molar-refractivity contribution in [1.29, 1.82) is 0 Å². The lowest BCUT2D eigenvalue weighted by Gasteiger charge is -2.18. The lowest BCUT2D eigenvalue weighted by atomic mass is 9.97. The molecule has 41 heavy (non-hydrogen) atoms. The number of nitrogens with zero attached hydrogens (tertiary/aromatic N) is 2. The lowest BCUT2D eigenvalue weighted by Crippen LogP contribution is -2.12. The van der Waals surface area contributed by atoms with E-state index in [1.807, 2.05) is 0 Å². The van der Waals surface area contributed by atoms with Gasteiger partial charge in [0.05, 0.1) is 48.3 Å². The second-order valence-corrected chi connectivity index (χ2v) is 9.39. The average molecular weight is 610 g/mol. The molecular formula is C27H30ClF6N3O4. The van der Waals surface area contributed by atoms with E-state index in [2.05, 4.69) is 5.10 Å². The van der Waals surface area contributed by atoms with Crippen LogP contribution in [0.25, 0.3) is 22.4 Å². The maximum atomic E-state index is 13.6. The Bertz CT molecular complexity index is 1300. The number of phenolic OH excluding ortho intramolecular Hbond substituents is 1. The van der Waals surface area contributed by atoms with Crippen LogP contribution in [0, 0.1) is 0 Å². The van der Waals surface area contributed by atoms with Crippen molar-refractivity contribution in [2.24, 2.45) is 12.8 Å². The molecule has 226 valence electrons. The molecule has 1 aromatic heterocycles. The van der Waals surface area contributed by atoms with Gasteiger partial charge in [-0.3, -0.25) is 4.68 Å². The summed E-state index contributed by atoms with van der Waals surface area (Å²) < 4.78 is 97.9. The Morgan fingerprint density at radius 1 is 0.878 bits per heavy atom. The highest BCUT2D eigenvalue weighted by Crippen LogP contribution is 2.47. The van der Waals surface area contributed by atoms with E-state index in [0.29, 0.717) is 39.4 Å². The van der Waals surface area contributed by atoms with Crippen LogP contribution in [0.15, 0.2) is 36.4 Å². The molecular weight excluding hydrogens is 580 g/mol. The second-order valence-electron chi connectivity index (χ2n) is 8.99. The van der Waals surface area contributed by atoms with Gasteiger partial charge in [0.2, 0.25) is 0 Å². The van der Waals surface area contributed by atoms with E-state index in [-0.39, 0.29) is 34.7 Å². The first-order valence-corrected chi connectivity index (χ1v) is 13.1. The van der Waals surface area contributed by atoms with E-state index in [0.717, 1.165) is 35.7 Å². The molecule has 7 nitrogen and oxygen atoms in total. The highest BCUT2D eigenvalue weighted by atomic mass is 35.5. The molecule has 0 saturated carbocycles. The zero-order chi connectivity index (χ0) is 30.2. The number of ether oxygens (including phenoxy) is 3. The zero-order valence-corrected chi connectivity index (χ0v) is 22.9. The minimum Gasteiger partial charge on any atom is -0.506 e. The number of unbranched alkanes of at least 4 members (excludes halogenated alkanes) is 2. The van der Waals surface area contributed by atoms with Crippen molar-refractivity contribution in [3.05, 3.63) is 52.7 Å². The molecule has 3 aromatic rings. The fourth-order valence-corrected chi connectivity index (χ4v) is 4.23. The van der Waals surface area contributed by atoms with Gasteiger partial charge in [-0.15, -0.1) is 0 Å². The van der Waals surface area contributed by atoms with E-state index in [1.54, 1.807) is 0 Å². The van der Waals surface area contributed by atoms with Crippen LogP contribution in [0.3, 0.4) is 0 Å².